The van der Waals surface area contributed by atoms with Crippen LogP contribution in [-0.4, -0.2) is 46.3 Å². The second-order valence-electron chi connectivity index (χ2n) is 10.2. The third-order valence-corrected chi connectivity index (χ3v) is 7.37. The second-order valence-corrected chi connectivity index (χ2v) is 10.2. The van der Waals surface area contributed by atoms with E-state index in [2.05, 4.69) is 129 Å². The first kappa shape index (κ1) is 24.1. The Labute approximate surface area is 215 Å². The van der Waals surface area contributed by atoms with E-state index in [-0.39, 0.29) is 0 Å². The number of benzene rings is 3. The highest BCUT2D eigenvalue weighted by Crippen LogP contribution is 2.36. The molecule has 2 heterocycles. The molecule has 0 spiro atoms. The topological polar surface area (TPSA) is 31.4 Å². The average molecular weight is 477 g/mol. The number of anilines is 2. The molecule has 184 valence electrons. The summed E-state index contributed by atoms with van der Waals surface area (Å²) in [6.07, 6.45) is 1.20. The molecular weight excluding hydrogens is 440 g/mol. The molecule has 3 aromatic carbocycles. The van der Waals surface area contributed by atoms with Crippen molar-refractivity contribution < 1.29 is 0 Å². The van der Waals surface area contributed by atoms with Crippen LogP contribution in [0, 0.1) is 6.92 Å². The van der Waals surface area contributed by atoms with Crippen LogP contribution in [-0.2, 0) is 0 Å². The molecule has 1 unspecified atom stereocenters. The number of nitrogens with zero attached hydrogens (tertiary/aromatic N) is 3. The molecule has 36 heavy (non-hydrogen) atoms. The van der Waals surface area contributed by atoms with Gasteiger partial charge in [0.1, 0.15) is 0 Å². The largest absolute Gasteiger partial charge is 0.378 e. The number of pyridine rings is 1. The van der Waals surface area contributed by atoms with Crippen LogP contribution in [0.3, 0.4) is 0 Å². The highest BCUT2D eigenvalue weighted by molar-refractivity contribution is 5.79. The van der Waals surface area contributed by atoms with E-state index < -0.39 is 0 Å². The van der Waals surface area contributed by atoms with E-state index in [1.165, 1.54) is 40.0 Å². The van der Waals surface area contributed by atoms with Gasteiger partial charge in [0.2, 0.25) is 0 Å². The summed E-state index contributed by atoms with van der Waals surface area (Å²) in [5, 5.41) is 3.53. The summed E-state index contributed by atoms with van der Waals surface area (Å²) in [5.74, 6) is 0.586. The Morgan fingerprint density at radius 3 is 1.75 bits per heavy atom. The Kier molecular flexibility index (Phi) is 6.80. The van der Waals surface area contributed by atoms with Crippen LogP contribution in [0.5, 0.6) is 0 Å². The molecule has 5 rings (SSSR count). The summed E-state index contributed by atoms with van der Waals surface area (Å²) in [6.45, 7) is 4.44. The van der Waals surface area contributed by atoms with E-state index in [9.17, 15) is 0 Å². The van der Waals surface area contributed by atoms with Crippen LogP contribution >= 0.6 is 0 Å². The predicted octanol–water partition coefficient (Wildman–Crippen LogP) is 6.60. The molecular formula is C32H36N4. The summed E-state index contributed by atoms with van der Waals surface area (Å²) in [5.41, 5.74) is 12.0. The molecule has 0 aliphatic carbocycles. The highest BCUT2D eigenvalue weighted by Gasteiger charge is 2.20. The van der Waals surface area contributed by atoms with E-state index in [1.807, 2.05) is 0 Å². The van der Waals surface area contributed by atoms with Crippen molar-refractivity contribution in [2.75, 3.05) is 51.1 Å². The van der Waals surface area contributed by atoms with Crippen molar-refractivity contribution >= 4 is 11.4 Å². The maximum atomic E-state index is 5.14. The zero-order valence-electron chi connectivity index (χ0n) is 22.0. The minimum Gasteiger partial charge on any atom is -0.378 e. The van der Waals surface area contributed by atoms with E-state index in [4.69, 9.17) is 4.98 Å². The fraction of sp³-hybridized carbons (Fsp3) is 0.281. The summed E-state index contributed by atoms with van der Waals surface area (Å²) < 4.78 is 0. The molecule has 1 aliphatic heterocycles. The lowest BCUT2D eigenvalue weighted by Crippen LogP contribution is -2.09. The van der Waals surface area contributed by atoms with Gasteiger partial charge >= 0.3 is 0 Å². The third-order valence-electron chi connectivity index (χ3n) is 7.37. The fourth-order valence-electron chi connectivity index (χ4n) is 5.17. The van der Waals surface area contributed by atoms with Gasteiger partial charge in [0.25, 0.3) is 0 Å². The molecule has 4 nitrogen and oxygen atoms in total. The third kappa shape index (κ3) is 4.87. The zero-order valence-corrected chi connectivity index (χ0v) is 22.0. The van der Waals surface area contributed by atoms with Gasteiger partial charge in [-0.3, -0.25) is 0 Å². The van der Waals surface area contributed by atoms with E-state index in [1.54, 1.807) is 0 Å². The molecule has 4 heteroatoms. The lowest BCUT2D eigenvalue weighted by molar-refractivity contribution is 0.758. The number of hydrogen-bond donors (Lipinski definition) is 1. The van der Waals surface area contributed by atoms with Crippen molar-refractivity contribution in [2.24, 2.45) is 0 Å². The number of nitrogens with one attached hydrogen (secondary N) is 1. The predicted molar refractivity (Wildman–Crippen MR) is 154 cm³/mol. The average Bonchev–Trinajstić information content (AvgIpc) is 3.43. The van der Waals surface area contributed by atoms with Gasteiger partial charge < -0.3 is 15.1 Å². The molecule has 1 saturated heterocycles. The van der Waals surface area contributed by atoms with Crippen molar-refractivity contribution in [3.8, 4) is 33.6 Å². The normalized spacial score (nSPS) is 15.2. The van der Waals surface area contributed by atoms with Gasteiger partial charge in [-0.1, -0.05) is 42.5 Å². The molecule has 1 N–H and O–H groups in total. The van der Waals surface area contributed by atoms with Crippen molar-refractivity contribution in [1.82, 2.24) is 10.3 Å². The van der Waals surface area contributed by atoms with E-state index in [0.717, 1.165) is 35.6 Å². The first-order valence-corrected chi connectivity index (χ1v) is 12.8. The zero-order chi connectivity index (χ0) is 25.2. The molecule has 1 aliphatic rings. The Hall–Kier alpha value is -3.63. The number of hydrogen-bond acceptors (Lipinski definition) is 4. The van der Waals surface area contributed by atoms with Crippen LogP contribution < -0.4 is 15.1 Å². The van der Waals surface area contributed by atoms with Crippen LogP contribution in [0.1, 0.15) is 23.5 Å². The maximum absolute atomic E-state index is 5.14. The minimum absolute atomic E-state index is 0.586. The highest BCUT2D eigenvalue weighted by atomic mass is 15.1. The molecule has 0 radical (unpaired) electrons. The monoisotopic (exact) mass is 476 g/mol. The van der Waals surface area contributed by atoms with Gasteiger partial charge in [-0.05, 0) is 84.5 Å². The van der Waals surface area contributed by atoms with Crippen LogP contribution in [0.25, 0.3) is 33.6 Å². The molecule has 1 fully saturated rings. The molecule has 0 amide bonds. The van der Waals surface area contributed by atoms with Gasteiger partial charge in [0.15, 0.2) is 0 Å². The molecule has 0 bridgehead atoms. The molecule has 1 atom stereocenters. The van der Waals surface area contributed by atoms with Gasteiger partial charge in [0, 0.05) is 57.2 Å². The lowest BCUT2D eigenvalue weighted by Gasteiger charge is -2.18. The number of rotatable bonds is 6. The van der Waals surface area contributed by atoms with Crippen LogP contribution in [0.2, 0.25) is 0 Å². The number of aromatic nitrogens is 1. The van der Waals surface area contributed by atoms with E-state index >= 15 is 0 Å². The Balaban J connectivity index is 1.64. The smallest absolute Gasteiger partial charge is 0.0715 e. The van der Waals surface area contributed by atoms with Gasteiger partial charge in [0.05, 0.1) is 11.4 Å². The first-order chi connectivity index (χ1) is 17.4. The summed E-state index contributed by atoms with van der Waals surface area (Å²) in [7, 11) is 8.27. The SMILES string of the molecule is Cc1c(-c2cc(-c3ccc(N(C)C)cc3)nc(-c3ccc(N(C)C)cc3)c2)cccc1C1CCNC1. The first-order valence-electron chi connectivity index (χ1n) is 12.8. The van der Waals surface area contributed by atoms with Crippen molar-refractivity contribution in [1.29, 1.82) is 0 Å². The standard InChI is InChI=1S/C32H36N4/c1-22-29(25-17-18-33-21-25)7-6-8-30(22)26-19-31(23-9-13-27(14-10-23)35(2)3)34-32(20-26)24-11-15-28(16-12-24)36(4)5/h6-16,19-20,25,33H,17-18,21H2,1-5H3. The summed E-state index contributed by atoms with van der Waals surface area (Å²) in [6, 6.07) is 28.6. The van der Waals surface area contributed by atoms with E-state index in [0.29, 0.717) is 5.92 Å². The summed E-state index contributed by atoms with van der Waals surface area (Å²) >= 11 is 0. The van der Waals surface area contributed by atoms with Gasteiger partial charge in [-0.25, -0.2) is 4.98 Å². The Morgan fingerprint density at radius 2 is 1.28 bits per heavy atom. The van der Waals surface area contributed by atoms with Crippen molar-refractivity contribution in [3.05, 3.63) is 90.0 Å². The van der Waals surface area contributed by atoms with Crippen LogP contribution in [0.15, 0.2) is 78.9 Å². The fourth-order valence-corrected chi connectivity index (χ4v) is 5.17. The van der Waals surface area contributed by atoms with Crippen molar-refractivity contribution in [3.63, 3.8) is 0 Å². The molecule has 1 aromatic heterocycles. The van der Waals surface area contributed by atoms with Gasteiger partial charge in [-0.15, -0.1) is 0 Å². The summed E-state index contributed by atoms with van der Waals surface area (Å²) in [4.78, 5) is 9.39. The molecule has 0 saturated carbocycles. The minimum atomic E-state index is 0.586. The second kappa shape index (κ2) is 10.2. The lowest BCUT2D eigenvalue weighted by atomic mass is 9.88. The Morgan fingerprint density at radius 1 is 0.722 bits per heavy atom. The maximum Gasteiger partial charge on any atom is 0.0715 e. The quantitative estimate of drug-likeness (QED) is 0.340. The molecule has 4 aromatic rings. The Bertz CT molecular complexity index is 1260. The van der Waals surface area contributed by atoms with Gasteiger partial charge in [-0.2, -0.15) is 0 Å². The van der Waals surface area contributed by atoms with Crippen molar-refractivity contribution in [2.45, 2.75) is 19.3 Å². The van der Waals surface area contributed by atoms with Crippen LogP contribution in [0.4, 0.5) is 11.4 Å².